The predicted molar refractivity (Wildman–Crippen MR) is 125 cm³/mol. The van der Waals surface area contributed by atoms with Gasteiger partial charge in [0.2, 0.25) is 0 Å². The maximum Gasteiger partial charge on any atom is 0.336 e. The van der Waals surface area contributed by atoms with Crippen LogP contribution in [0.5, 0.6) is 11.5 Å². The quantitative estimate of drug-likeness (QED) is 0.229. The molecule has 31 heavy (non-hydrogen) atoms. The van der Waals surface area contributed by atoms with E-state index in [0.29, 0.717) is 28.2 Å². The third-order valence-electron chi connectivity index (χ3n) is 5.23. The molecule has 0 aliphatic heterocycles. The Balaban J connectivity index is 1.58. The number of hydrogen-bond acceptors (Lipinski definition) is 4. The third kappa shape index (κ3) is 4.47. The lowest BCUT2D eigenvalue weighted by atomic mass is 10.0. The average Bonchev–Trinajstić information content (AvgIpc) is 2.79. The second-order valence-corrected chi connectivity index (χ2v) is 8.08. The van der Waals surface area contributed by atoms with Gasteiger partial charge in [0.15, 0.2) is 5.78 Å². The van der Waals surface area contributed by atoms with Gasteiger partial charge in [0.25, 0.3) is 0 Å². The van der Waals surface area contributed by atoms with Crippen LogP contribution in [0.4, 0.5) is 0 Å². The molecule has 0 amide bonds. The molecule has 5 heteroatoms. The molecule has 3 aromatic carbocycles. The highest BCUT2D eigenvalue weighted by molar-refractivity contribution is 9.10. The fourth-order valence-corrected chi connectivity index (χ4v) is 3.88. The minimum absolute atomic E-state index is 0.0324. The van der Waals surface area contributed by atoms with Crippen LogP contribution in [-0.2, 0) is 12.8 Å². The van der Waals surface area contributed by atoms with Crippen LogP contribution in [0.15, 0.2) is 80.4 Å². The van der Waals surface area contributed by atoms with Gasteiger partial charge in [-0.05, 0) is 70.2 Å². The van der Waals surface area contributed by atoms with E-state index in [1.165, 1.54) is 11.6 Å². The number of benzene rings is 3. The van der Waals surface area contributed by atoms with Gasteiger partial charge in [-0.3, -0.25) is 4.79 Å². The summed E-state index contributed by atoms with van der Waals surface area (Å²) in [6, 6.07) is 19.8. The van der Waals surface area contributed by atoms with Crippen molar-refractivity contribution in [1.82, 2.24) is 0 Å². The molecule has 4 rings (SSSR count). The molecular weight excluding hydrogens is 456 g/mol. The summed E-state index contributed by atoms with van der Waals surface area (Å²) in [5.74, 6) is 1.07. The van der Waals surface area contributed by atoms with Gasteiger partial charge in [-0.2, -0.15) is 0 Å². The van der Waals surface area contributed by atoms with E-state index < -0.39 is 0 Å². The summed E-state index contributed by atoms with van der Waals surface area (Å²) in [7, 11) is 0. The molecule has 4 nitrogen and oxygen atoms in total. The molecule has 1 heterocycles. The molecule has 0 aliphatic rings. The number of hydrogen-bond donors (Lipinski definition) is 0. The van der Waals surface area contributed by atoms with Gasteiger partial charge in [0.1, 0.15) is 17.1 Å². The normalized spacial score (nSPS) is 10.9. The largest absolute Gasteiger partial charge is 0.456 e. The lowest BCUT2D eigenvalue weighted by Gasteiger charge is -2.11. The molecule has 0 N–H and O–H groups in total. The lowest BCUT2D eigenvalue weighted by molar-refractivity contribution is 0.103. The number of halogens is 1. The predicted octanol–water partition coefficient (Wildman–Crippen LogP) is 6.70. The molecule has 0 fully saturated rings. The zero-order valence-electron chi connectivity index (χ0n) is 17.3. The monoisotopic (exact) mass is 476 g/mol. The molecule has 0 saturated heterocycles. The van der Waals surface area contributed by atoms with Gasteiger partial charge < -0.3 is 9.15 Å². The summed E-state index contributed by atoms with van der Waals surface area (Å²) >= 11 is 3.54. The standard InChI is InChI=1S/C26H21BrO4/c1-3-16-5-7-18(8-6-16)26(29)19-9-11-20(12-10-19)30-24-15-23-21(14-22(24)27)17(4-2)13-25(28)31-23/h5-15H,3-4H2,1-2H3. The Morgan fingerprint density at radius 1 is 0.903 bits per heavy atom. The molecule has 0 saturated carbocycles. The zero-order valence-corrected chi connectivity index (χ0v) is 18.9. The summed E-state index contributed by atoms with van der Waals surface area (Å²) in [6.45, 7) is 4.08. The van der Waals surface area contributed by atoms with Crippen LogP contribution < -0.4 is 10.4 Å². The number of ether oxygens (including phenoxy) is 1. The van der Waals surface area contributed by atoms with E-state index in [9.17, 15) is 9.59 Å². The van der Waals surface area contributed by atoms with Crippen molar-refractivity contribution >= 4 is 32.7 Å². The van der Waals surface area contributed by atoms with Crippen LogP contribution in [0.1, 0.15) is 40.9 Å². The molecule has 0 spiro atoms. The number of aryl methyl sites for hydroxylation is 2. The van der Waals surface area contributed by atoms with Gasteiger partial charge in [-0.25, -0.2) is 4.79 Å². The van der Waals surface area contributed by atoms with Crippen LogP contribution in [-0.4, -0.2) is 5.78 Å². The minimum atomic E-state index is -0.382. The molecule has 4 aromatic rings. The van der Waals surface area contributed by atoms with Crippen molar-refractivity contribution in [3.63, 3.8) is 0 Å². The van der Waals surface area contributed by atoms with E-state index in [4.69, 9.17) is 9.15 Å². The van der Waals surface area contributed by atoms with Crippen molar-refractivity contribution in [3.8, 4) is 11.5 Å². The summed E-state index contributed by atoms with van der Waals surface area (Å²) < 4.78 is 12.1. The Morgan fingerprint density at radius 2 is 1.55 bits per heavy atom. The van der Waals surface area contributed by atoms with Crippen molar-refractivity contribution in [1.29, 1.82) is 0 Å². The second-order valence-electron chi connectivity index (χ2n) is 7.23. The van der Waals surface area contributed by atoms with Crippen molar-refractivity contribution in [2.75, 3.05) is 0 Å². The first-order chi connectivity index (χ1) is 15.0. The van der Waals surface area contributed by atoms with Gasteiger partial charge >= 0.3 is 5.63 Å². The number of fused-ring (bicyclic) bond motifs is 1. The molecule has 0 atom stereocenters. The van der Waals surface area contributed by atoms with Gasteiger partial charge in [-0.15, -0.1) is 0 Å². The van der Waals surface area contributed by atoms with Crippen LogP contribution in [0.2, 0.25) is 0 Å². The van der Waals surface area contributed by atoms with Crippen LogP contribution >= 0.6 is 15.9 Å². The van der Waals surface area contributed by atoms with E-state index in [1.807, 2.05) is 37.3 Å². The smallest absolute Gasteiger partial charge is 0.336 e. The second kappa shape index (κ2) is 8.90. The van der Waals surface area contributed by atoms with Crippen molar-refractivity contribution in [3.05, 3.63) is 104 Å². The molecule has 156 valence electrons. The van der Waals surface area contributed by atoms with E-state index in [2.05, 4.69) is 22.9 Å². The number of carbonyl (C=O) groups excluding carboxylic acids is 1. The Kier molecular flexibility index (Phi) is 6.05. The van der Waals surface area contributed by atoms with E-state index in [1.54, 1.807) is 30.3 Å². The Bertz CT molecular complexity index is 1300. The van der Waals surface area contributed by atoms with Crippen molar-refractivity contribution in [2.24, 2.45) is 0 Å². The van der Waals surface area contributed by atoms with Crippen molar-refractivity contribution < 1.29 is 13.9 Å². The van der Waals surface area contributed by atoms with Crippen LogP contribution in [0.25, 0.3) is 11.0 Å². The SMILES string of the molecule is CCc1ccc(C(=O)c2ccc(Oc3cc4oc(=O)cc(CC)c4cc3Br)cc2)cc1. The number of ketones is 1. The van der Waals surface area contributed by atoms with E-state index in [0.717, 1.165) is 28.3 Å². The van der Waals surface area contributed by atoms with Crippen molar-refractivity contribution in [2.45, 2.75) is 26.7 Å². The molecule has 0 bridgehead atoms. The highest BCUT2D eigenvalue weighted by atomic mass is 79.9. The molecule has 0 radical (unpaired) electrons. The van der Waals surface area contributed by atoms with Gasteiger partial charge in [0.05, 0.1) is 4.47 Å². The molecule has 1 aromatic heterocycles. The number of rotatable bonds is 6. The van der Waals surface area contributed by atoms with Crippen LogP contribution in [0, 0.1) is 0 Å². The first kappa shape index (κ1) is 21.1. The third-order valence-corrected chi connectivity index (χ3v) is 5.85. The summed E-state index contributed by atoms with van der Waals surface area (Å²) in [5.41, 5.74) is 3.46. The maximum absolute atomic E-state index is 12.7. The van der Waals surface area contributed by atoms with E-state index >= 15 is 0 Å². The van der Waals surface area contributed by atoms with E-state index in [-0.39, 0.29) is 11.4 Å². The molecule has 0 unspecified atom stereocenters. The topological polar surface area (TPSA) is 56.5 Å². The maximum atomic E-state index is 12.7. The fraction of sp³-hybridized carbons (Fsp3) is 0.154. The first-order valence-corrected chi connectivity index (χ1v) is 11.0. The van der Waals surface area contributed by atoms with Gasteiger partial charge in [-0.1, -0.05) is 38.1 Å². The number of carbonyl (C=O) groups is 1. The zero-order chi connectivity index (χ0) is 22.0. The molecular formula is C26H21BrO4. The Labute approximate surface area is 188 Å². The summed E-state index contributed by atoms with van der Waals surface area (Å²) in [5, 5.41) is 0.872. The highest BCUT2D eigenvalue weighted by Crippen LogP contribution is 2.34. The van der Waals surface area contributed by atoms with Gasteiger partial charge in [0, 0.05) is 28.6 Å². The molecule has 0 aliphatic carbocycles. The first-order valence-electron chi connectivity index (χ1n) is 10.2. The Hall–Kier alpha value is -3.18. The minimum Gasteiger partial charge on any atom is -0.456 e. The summed E-state index contributed by atoms with van der Waals surface area (Å²) in [4.78, 5) is 24.5. The van der Waals surface area contributed by atoms with Crippen LogP contribution in [0.3, 0.4) is 0 Å². The fourth-order valence-electron chi connectivity index (χ4n) is 3.46. The Morgan fingerprint density at radius 3 is 2.16 bits per heavy atom. The summed E-state index contributed by atoms with van der Waals surface area (Å²) in [6.07, 6.45) is 1.67. The highest BCUT2D eigenvalue weighted by Gasteiger charge is 2.12. The lowest BCUT2D eigenvalue weighted by Crippen LogP contribution is -2.01. The average molecular weight is 477 g/mol.